The number of carbonyl (C=O) groups is 1. The number of β-amino-alcohol motifs (C(OH)–C–C–N with tert-alkyl or cyclic N) is 1. The van der Waals surface area contributed by atoms with Crippen LogP contribution in [0.25, 0.3) is 0 Å². The lowest BCUT2D eigenvalue weighted by molar-refractivity contribution is 0.0751. The van der Waals surface area contributed by atoms with Crippen LogP contribution in [-0.4, -0.2) is 60.1 Å². The zero-order chi connectivity index (χ0) is 15.4. The average molecular weight is 299 g/mol. The van der Waals surface area contributed by atoms with Crippen molar-refractivity contribution in [2.45, 2.75) is 6.42 Å². The third kappa shape index (κ3) is 3.48. The fourth-order valence-electron chi connectivity index (χ4n) is 2.46. The number of rotatable bonds is 3. The van der Waals surface area contributed by atoms with Gasteiger partial charge in [0.2, 0.25) is 0 Å². The van der Waals surface area contributed by atoms with Crippen molar-refractivity contribution in [3.05, 3.63) is 29.3 Å². The molecule has 1 fully saturated rings. The molecular weight excluding hydrogens is 280 g/mol. The normalized spacial score (nSPS) is 16.8. The summed E-state index contributed by atoms with van der Waals surface area (Å²) in [6.07, 6.45) is 0.692. The van der Waals surface area contributed by atoms with Gasteiger partial charge in [0.1, 0.15) is 11.4 Å². The number of carbonyl (C=O) groups excluding carboxylic acids is 1. The maximum absolute atomic E-state index is 13.9. The van der Waals surface area contributed by atoms with Crippen LogP contribution in [0.1, 0.15) is 16.8 Å². The first kappa shape index (κ1) is 15.7. The highest BCUT2D eigenvalue weighted by Gasteiger charge is 2.26. The average Bonchev–Trinajstić information content (AvgIpc) is 2.69. The summed E-state index contributed by atoms with van der Waals surface area (Å²) in [7, 11) is 0. The van der Waals surface area contributed by atoms with Crippen molar-refractivity contribution in [1.82, 2.24) is 9.80 Å². The second-order valence-electron chi connectivity index (χ2n) is 5.04. The Balaban J connectivity index is 2.15. The van der Waals surface area contributed by atoms with Crippen molar-refractivity contribution >= 4 is 11.6 Å². The lowest BCUT2D eigenvalue weighted by Crippen LogP contribution is -2.36. The van der Waals surface area contributed by atoms with Crippen molar-refractivity contribution < 1.29 is 18.7 Å². The number of nitrogens with zero attached hydrogens (tertiary/aromatic N) is 2. The maximum Gasteiger partial charge on any atom is 0.259 e. The quantitative estimate of drug-likeness (QED) is 0.806. The number of anilines is 1. The molecule has 2 rings (SSSR count). The molecule has 1 aromatic carbocycles. The van der Waals surface area contributed by atoms with Crippen molar-refractivity contribution in [3.8, 4) is 0 Å². The van der Waals surface area contributed by atoms with Gasteiger partial charge in [-0.3, -0.25) is 9.69 Å². The molecule has 21 heavy (non-hydrogen) atoms. The second kappa shape index (κ2) is 6.82. The summed E-state index contributed by atoms with van der Waals surface area (Å²) in [5, 5.41) is 8.93. The fourth-order valence-corrected chi connectivity index (χ4v) is 2.46. The van der Waals surface area contributed by atoms with Crippen molar-refractivity contribution in [3.63, 3.8) is 0 Å². The van der Waals surface area contributed by atoms with Crippen LogP contribution in [0.2, 0.25) is 0 Å². The molecule has 116 valence electrons. The predicted octanol–water partition coefficient (Wildman–Crippen LogP) is 0.687. The Labute approximate surface area is 121 Å². The van der Waals surface area contributed by atoms with Crippen LogP contribution < -0.4 is 5.73 Å². The zero-order valence-corrected chi connectivity index (χ0v) is 11.7. The van der Waals surface area contributed by atoms with Gasteiger partial charge in [-0.15, -0.1) is 0 Å². The van der Waals surface area contributed by atoms with Crippen LogP contribution in [0.4, 0.5) is 14.5 Å². The third-order valence-corrected chi connectivity index (χ3v) is 3.63. The summed E-state index contributed by atoms with van der Waals surface area (Å²) < 4.78 is 27.7. The van der Waals surface area contributed by atoms with Crippen molar-refractivity contribution in [1.29, 1.82) is 0 Å². The summed E-state index contributed by atoms with van der Waals surface area (Å²) in [5.41, 5.74) is 4.57. The highest BCUT2D eigenvalue weighted by atomic mass is 19.1. The SMILES string of the molecule is Nc1ccc(F)c(C(=O)N2CCCN(CCO)CC2)c1F. The molecule has 0 aliphatic carbocycles. The molecule has 1 heterocycles. The number of nitrogens with two attached hydrogens (primary N) is 1. The van der Waals surface area contributed by atoms with Crippen LogP contribution >= 0.6 is 0 Å². The number of amides is 1. The van der Waals surface area contributed by atoms with Crippen LogP contribution in [0, 0.1) is 11.6 Å². The van der Waals surface area contributed by atoms with Crippen LogP contribution in [0.15, 0.2) is 12.1 Å². The first-order chi connectivity index (χ1) is 10.0. The third-order valence-electron chi connectivity index (χ3n) is 3.63. The Hall–Kier alpha value is -1.73. The van der Waals surface area contributed by atoms with Gasteiger partial charge in [0, 0.05) is 26.2 Å². The molecule has 1 aliphatic rings. The van der Waals surface area contributed by atoms with Gasteiger partial charge >= 0.3 is 0 Å². The van der Waals surface area contributed by atoms with E-state index in [9.17, 15) is 13.6 Å². The van der Waals surface area contributed by atoms with E-state index in [1.807, 2.05) is 4.90 Å². The first-order valence-corrected chi connectivity index (χ1v) is 6.90. The molecule has 1 amide bonds. The standard InChI is InChI=1S/C14H19F2N3O2/c15-10-2-3-11(17)13(16)12(10)14(21)19-5-1-4-18(6-7-19)8-9-20/h2-3,20H,1,4-9,17H2. The fraction of sp³-hybridized carbons (Fsp3) is 0.500. The van der Waals surface area contributed by atoms with E-state index >= 15 is 0 Å². The molecule has 0 atom stereocenters. The van der Waals surface area contributed by atoms with E-state index in [1.165, 1.54) is 4.90 Å². The Morgan fingerprint density at radius 1 is 1.24 bits per heavy atom. The molecule has 0 bridgehead atoms. The van der Waals surface area contributed by atoms with Crippen LogP contribution in [-0.2, 0) is 0 Å². The Morgan fingerprint density at radius 3 is 2.71 bits per heavy atom. The molecule has 1 aromatic rings. The number of hydrogen-bond acceptors (Lipinski definition) is 4. The van der Waals surface area contributed by atoms with Crippen LogP contribution in [0.5, 0.6) is 0 Å². The molecule has 1 saturated heterocycles. The van der Waals surface area contributed by atoms with Crippen LogP contribution in [0.3, 0.4) is 0 Å². The van der Waals surface area contributed by atoms with Gasteiger partial charge in [0.05, 0.1) is 12.3 Å². The van der Waals surface area contributed by atoms with Gasteiger partial charge < -0.3 is 15.7 Å². The van der Waals surface area contributed by atoms with Gasteiger partial charge in [-0.05, 0) is 25.1 Å². The molecule has 1 aliphatic heterocycles. The van der Waals surface area contributed by atoms with Gasteiger partial charge in [-0.1, -0.05) is 0 Å². The molecule has 3 N–H and O–H groups in total. The molecule has 0 radical (unpaired) electrons. The summed E-state index contributed by atoms with van der Waals surface area (Å²) in [6, 6.07) is 2.11. The number of hydrogen-bond donors (Lipinski definition) is 2. The van der Waals surface area contributed by atoms with Gasteiger partial charge in [-0.25, -0.2) is 8.78 Å². The number of nitrogen functional groups attached to an aromatic ring is 1. The number of aliphatic hydroxyl groups is 1. The van der Waals surface area contributed by atoms with E-state index < -0.39 is 23.1 Å². The van der Waals surface area contributed by atoms with E-state index in [1.54, 1.807) is 0 Å². The van der Waals surface area contributed by atoms with E-state index in [4.69, 9.17) is 10.8 Å². The summed E-state index contributed by atoms with van der Waals surface area (Å²) in [6.45, 7) is 2.68. The number of aliphatic hydroxyl groups excluding tert-OH is 1. The van der Waals surface area contributed by atoms with Gasteiger partial charge in [-0.2, -0.15) is 0 Å². The van der Waals surface area contributed by atoms with E-state index in [2.05, 4.69) is 0 Å². The molecule has 0 unspecified atom stereocenters. The Kier molecular flexibility index (Phi) is 5.08. The maximum atomic E-state index is 13.9. The summed E-state index contributed by atoms with van der Waals surface area (Å²) in [4.78, 5) is 15.8. The minimum Gasteiger partial charge on any atom is -0.396 e. The summed E-state index contributed by atoms with van der Waals surface area (Å²) in [5.74, 6) is -2.58. The molecule has 0 aromatic heterocycles. The number of halogens is 2. The van der Waals surface area contributed by atoms with E-state index in [-0.39, 0.29) is 12.3 Å². The zero-order valence-electron chi connectivity index (χ0n) is 11.7. The smallest absolute Gasteiger partial charge is 0.259 e. The lowest BCUT2D eigenvalue weighted by Gasteiger charge is -2.22. The second-order valence-corrected chi connectivity index (χ2v) is 5.04. The van der Waals surface area contributed by atoms with Gasteiger partial charge in [0.25, 0.3) is 5.91 Å². The molecule has 0 saturated carbocycles. The number of benzene rings is 1. The molecular formula is C14H19F2N3O2. The van der Waals surface area contributed by atoms with Crippen molar-refractivity contribution in [2.24, 2.45) is 0 Å². The van der Waals surface area contributed by atoms with Crippen molar-refractivity contribution in [2.75, 3.05) is 45.1 Å². The lowest BCUT2D eigenvalue weighted by atomic mass is 10.1. The molecule has 7 heteroatoms. The Morgan fingerprint density at radius 2 is 2.00 bits per heavy atom. The first-order valence-electron chi connectivity index (χ1n) is 6.90. The molecule has 0 spiro atoms. The van der Waals surface area contributed by atoms with E-state index in [0.29, 0.717) is 32.6 Å². The highest BCUT2D eigenvalue weighted by Crippen LogP contribution is 2.21. The summed E-state index contributed by atoms with van der Waals surface area (Å²) >= 11 is 0. The molecule has 5 nitrogen and oxygen atoms in total. The monoisotopic (exact) mass is 299 g/mol. The topological polar surface area (TPSA) is 69.8 Å². The largest absolute Gasteiger partial charge is 0.396 e. The Bertz CT molecular complexity index is 525. The van der Waals surface area contributed by atoms with E-state index in [0.717, 1.165) is 18.7 Å². The van der Waals surface area contributed by atoms with Gasteiger partial charge in [0.15, 0.2) is 5.82 Å². The predicted molar refractivity (Wildman–Crippen MR) is 74.8 cm³/mol. The minimum absolute atomic E-state index is 0.0480. The highest BCUT2D eigenvalue weighted by molar-refractivity contribution is 5.95. The minimum atomic E-state index is -1.00.